The van der Waals surface area contributed by atoms with Crippen molar-refractivity contribution < 1.29 is 32.2 Å². The molecule has 0 aliphatic carbocycles. The minimum absolute atomic E-state index is 0.217. The normalized spacial score (nSPS) is 16.4. The van der Waals surface area contributed by atoms with Gasteiger partial charge < -0.3 is 14.8 Å². The summed E-state index contributed by atoms with van der Waals surface area (Å²) in [6.45, 7) is 2.43. The van der Waals surface area contributed by atoms with Crippen molar-refractivity contribution in [1.82, 2.24) is 15.1 Å². The third-order valence-corrected chi connectivity index (χ3v) is 7.32. The zero-order valence-corrected chi connectivity index (χ0v) is 22.7. The van der Waals surface area contributed by atoms with Gasteiger partial charge in [-0.25, -0.2) is 9.48 Å². The first kappa shape index (κ1) is 28.4. The van der Waals surface area contributed by atoms with Crippen molar-refractivity contribution in [2.24, 2.45) is 0 Å². The van der Waals surface area contributed by atoms with Gasteiger partial charge in [-0.1, -0.05) is 36.4 Å². The third kappa shape index (κ3) is 6.12. The fourth-order valence-electron chi connectivity index (χ4n) is 5.11. The lowest BCUT2D eigenvalue weighted by Crippen LogP contribution is -2.28. The maximum Gasteiger partial charge on any atom is 0.416 e. The molecule has 1 saturated heterocycles. The van der Waals surface area contributed by atoms with Crippen LogP contribution in [0, 0.1) is 0 Å². The summed E-state index contributed by atoms with van der Waals surface area (Å²) in [5, 5.41) is 8.36. The Kier molecular flexibility index (Phi) is 8.12. The Labute approximate surface area is 235 Å². The van der Waals surface area contributed by atoms with E-state index in [0.29, 0.717) is 29.5 Å². The number of rotatable bonds is 7. The number of amides is 1. The number of hydrogen-bond donors (Lipinski definition) is 1. The van der Waals surface area contributed by atoms with E-state index >= 15 is 0 Å². The number of esters is 1. The molecular weight excluding hydrogens is 535 g/mol. The number of aromatic nitrogens is 2. The number of fused-ring (bicyclic) bond motifs is 1. The van der Waals surface area contributed by atoms with E-state index in [0.717, 1.165) is 48.0 Å². The highest BCUT2D eigenvalue weighted by molar-refractivity contribution is 6.06. The van der Waals surface area contributed by atoms with Crippen molar-refractivity contribution in [3.05, 3.63) is 100 Å². The predicted octanol–water partition coefficient (Wildman–Crippen LogP) is 6.62. The van der Waals surface area contributed by atoms with Crippen LogP contribution in [0.25, 0.3) is 10.9 Å². The second-order valence-corrected chi connectivity index (χ2v) is 10.1. The first-order chi connectivity index (χ1) is 19.7. The maximum absolute atomic E-state index is 13.7. The molecular formula is C31H30F3N3O4. The van der Waals surface area contributed by atoms with Crippen LogP contribution >= 0.6 is 0 Å². The molecule has 7 nitrogen and oxygen atoms in total. The van der Waals surface area contributed by atoms with Gasteiger partial charge in [-0.2, -0.15) is 18.3 Å². The average Bonchev–Trinajstić information content (AvgIpc) is 3.38. The van der Waals surface area contributed by atoms with E-state index in [4.69, 9.17) is 14.6 Å². The Balaban J connectivity index is 1.49. The van der Waals surface area contributed by atoms with Crippen LogP contribution in [-0.2, 0) is 22.1 Å². The molecule has 0 spiro atoms. The van der Waals surface area contributed by atoms with Crippen LogP contribution in [0.2, 0.25) is 0 Å². The molecule has 4 aromatic rings. The van der Waals surface area contributed by atoms with Gasteiger partial charge in [0.1, 0.15) is 0 Å². The third-order valence-electron chi connectivity index (χ3n) is 7.32. The number of benzene rings is 3. The smallest absolute Gasteiger partial charge is 0.416 e. The highest BCUT2D eigenvalue weighted by Gasteiger charge is 2.30. The Hall–Kier alpha value is -4.18. The van der Waals surface area contributed by atoms with Crippen LogP contribution in [0.5, 0.6) is 0 Å². The molecule has 1 unspecified atom stereocenters. The van der Waals surface area contributed by atoms with E-state index in [1.165, 1.54) is 19.2 Å². The number of methoxy groups -OCH3 is 1. The number of alkyl halides is 3. The monoisotopic (exact) mass is 565 g/mol. The fourth-order valence-corrected chi connectivity index (χ4v) is 5.11. The predicted molar refractivity (Wildman–Crippen MR) is 146 cm³/mol. The molecule has 0 bridgehead atoms. The average molecular weight is 566 g/mol. The minimum atomic E-state index is -4.42. The van der Waals surface area contributed by atoms with Crippen molar-refractivity contribution in [2.45, 2.75) is 51.1 Å². The molecule has 1 amide bonds. The topological polar surface area (TPSA) is 82.5 Å². The fraction of sp³-hybridized carbons (Fsp3) is 0.323. The first-order valence-corrected chi connectivity index (χ1v) is 13.4. The number of carbonyl (C=O) groups excluding carboxylic acids is 2. The summed E-state index contributed by atoms with van der Waals surface area (Å²) < 4.78 is 51.7. The molecule has 0 radical (unpaired) electrons. The second-order valence-electron chi connectivity index (χ2n) is 10.1. The lowest BCUT2D eigenvalue weighted by Gasteiger charge is -2.23. The molecule has 2 atom stereocenters. The molecule has 0 saturated carbocycles. The number of halogens is 3. The summed E-state index contributed by atoms with van der Waals surface area (Å²) in [4.78, 5) is 25.5. The van der Waals surface area contributed by atoms with E-state index < -0.39 is 29.7 Å². The molecule has 41 heavy (non-hydrogen) atoms. The summed E-state index contributed by atoms with van der Waals surface area (Å²) in [5.74, 6) is -0.843. The van der Waals surface area contributed by atoms with Crippen LogP contribution in [0.4, 0.5) is 13.2 Å². The van der Waals surface area contributed by atoms with Gasteiger partial charge in [0, 0.05) is 12.0 Å². The van der Waals surface area contributed by atoms with E-state index in [1.54, 1.807) is 28.9 Å². The number of nitrogens with zero attached hydrogens (tertiary/aromatic N) is 2. The maximum atomic E-state index is 13.7. The van der Waals surface area contributed by atoms with Gasteiger partial charge in [0.05, 0.1) is 29.8 Å². The largest absolute Gasteiger partial charge is 0.465 e. The molecule has 1 aliphatic heterocycles. The molecule has 2 heterocycles. The van der Waals surface area contributed by atoms with E-state index in [2.05, 4.69) is 5.32 Å². The van der Waals surface area contributed by atoms with Gasteiger partial charge in [0.2, 0.25) is 0 Å². The lowest BCUT2D eigenvalue weighted by atomic mass is 9.98. The van der Waals surface area contributed by atoms with Crippen LogP contribution < -0.4 is 5.32 Å². The number of hydrogen-bond acceptors (Lipinski definition) is 5. The van der Waals surface area contributed by atoms with Crippen LogP contribution in [0.1, 0.15) is 81.6 Å². The SMILES string of the molecule is COC(=O)c1ccc([C@H](C)NC(=O)c2nn(C3CCCCO3)c3cccc(Cc4ccc(C(F)(F)F)cc4)c23)cc1. The standard InChI is InChI=1S/C31H30F3N3O4/c1-19(21-11-13-22(14-12-21)30(39)40-2)35-29(38)28-27-23(18-20-9-15-24(16-10-20)31(32,33)34)6-5-7-25(27)37(36-28)26-8-3-4-17-41-26/h5-7,9-16,19,26H,3-4,8,17-18H2,1-2H3,(H,35,38)/t19-,26?/m0/s1. The lowest BCUT2D eigenvalue weighted by molar-refractivity contribution is -0.137. The van der Waals surface area contributed by atoms with Gasteiger partial charge in [0.15, 0.2) is 11.9 Å². The number of carbonyl (C=O) groups is 2. The summed E-state index contributed by atoms with van der Waals surface area (Å²) in [6, 6.07) is 17.0. The number of nitrogens with one attached hydrogen (secondary N) is 1. The molecule has 5 rings (SSSR count). The van der Waals surface area contributed by atoms with E-state index in [-0.39, 0.29) is 11.9 Å². The van der Waals surface area contributed by atoms with E-state index in [1.807, 2.05) is 25.1 Å². The quantitative estimate of drug-likeness (QED) is 0.255. The van der Waals surface area contributed by atoms with Crippen molar-refractivity contribution in [3.63, 3.8) is 0 Å². The van der Waals surface area contributed by atoms with Crippen LogP contribution in [0.15, 0.2) is 66.7 Å². The Bertz CT molecular complexity index is 1540. The van der Waals surface area contributed by atoms with Crippen LogP contribution in [0.3, 0.4) is 0 Å². The van der Waals surface area contributed by atoms with Gasteiger partial charge in [-0.15, -0.1) is 0 Å². The Morgan fingerprint density at radius 3 is 2.44 bits per heavy atom. The van der Waals surface area contributed by atoms with Crippen molar-refractivity contribution >= 4 is 22.8 Å². The highest BCUT2D eigenvalue weighted by atomic mass is 19.4. The minimum Gasteiger partial charge on any atom is -0.465 e. The van der Waals surface area contributed by atoms with E-state index in [9.17, 15) is 22.8 Å². The molecule has 10 heteroatoms. The zero-order chi connectivity index (χ0) is 29.1. The summed E-state index contributed by atoms with van der Waals surface area (Å²) in [7, 11) is 1.31. The first-order valence-electron chi connectivity index (χ1n) is 13.4. The molecule has 1 aliphatic rings. The van der Waals surface area contributed by atoms with Gasteiger partial charge in [-0.3, -0.25) is 4.79 Å². The summed E-state index contributed by atoms with van der Waals surface area (Å²) in [5.41, 5.74) is 2.86. The van der Waals surface area contributed by atoms with Gasteiger partial charge in [0.25, 0.3) is 5.91 Å². The van der Waals surface area contributed by atoms with Crippen molar-refractivity contribution in [1.29, 1.82) is 0 Å². The second kappa shape index (κ2) is 11.7. The van der Waals surface area contributed by atoms with Gasteiger partial charge >= 0.3 is 12.1 Å². The molecule has 1 fully saturated rings. The van der Waals surface area contributed by atoms with Crippen molar-refractivity contribution in [3.8, 4) is 0 Å². The summed E-state index contributed by atoms with van der Waals surface area (Å²) in [6.07, 6.45) is -1.74. The van der Waals surface area contributed by atoms with Crippen molar-refractivity contribution in [2.75, 3.05) is 13.7 Å². The molecule has 3 aromatic carbocycles. The summed E-state index contributed by atoms with van der Waals surface area (Å²) >= 11 is 0. The Morgan fingerprint density at radius 1 is 1.07 bits per heavy atom. The molecule has 214 valence electrons. The number of ether oxygens (including phenoxy) is 2. The van der Waals surface area contributed by atoms with Crippen LogP contribution in [-0.4, -0.2) is 35.4 Å². The molecule has 1 aromatic heterocycles. The molecule has 1 N–H and O–H groups in total. The van der Waals surface area contributed by atoms with Gasteiger partial charge in [-0.05, 0) is 79.6 Å². The Morgan fingerprint density at radius 2 is 1.80 bits per heavy atom. The zero-order valence-electron chi connectivity index (χ0n) is 22.7. The highest BCUT2D eigenvalue weighted by Crippen LogP contribution is 2.33.